The highest BCUT2D eigenvalue weighted by atomic mass is 35.5. The van der Waals surface area contributed by atoms with Gasteiger partial charge in [-0.15, -0.1) is 0 Å². The van der Waals surface area contributed by atoms with Crippen LogP contribution in [0.15, 0.2) is 36.4 Å². The summed E-state index contributed by atoms with van der Waals surface area (Å²) < 4.78 is 0. The van der Waals surface area contributed by atoms with Crippen LogP contribution < -0.4 is 0 Å². The van der Waals surface area contributed by atoms with Gasteiger partial charge in [-0.1, -0.05) is 44.4 Å². The fraction of sp³-hybridized carbons (Fsp3) is 0.300. The van der Waals surface area contributed by atoms with Crippen LogP contribution >= 0.6 is 11.6 Å². The number of aromatic nitrogens is 1. The summed E-state index contributed by atoms with van der Waals surface area (Å²) in [5, 5.41) is 0.666. The fourth-order valence-electron chi connectivity index (χ4n) is 2.51. The molecule has 1 aliphatic carbocycles. The number of ketones is 1. The van der Waals surface area contributed by atoms with Crippen molar-refractivity contribution in [3.8, 4) is 11.8 Å². The molecular formula is C20H20ClNO. The van der Waals surface area contributed by atoms with Gasteiger partial charge < -0.3 is 0 Å². The van der Waals surface area contributed by atoms with Crippen molar-refractivity contribution in [2.75, 3.05) is 0 Å². The summed E-state index contributed by atoms with van der Waals surface area (Å²) in [6, 6.07) is 11.1. The second kappa shape index (κ2) is 7.94. The molecule has 1 unspecified atom stereocenters. The summed E-state index contributed by atoms with van der Waals surface area (Å²) in [5.74, 6) is 6.63. The van der Waals surface area contributed by atoms with Crippen molar-refractivity contribution in [3.63, 3.8) is 0 Å². The summed E-state index contributed by atoms with van der Waals surface area (Å²) in [6.45, 7) is 6.08. The first-order valence-corrected chi connectivity index (χ1v) is 8.30. The number of carbonyl (C=O) groups excluding carboxylic acids is 1. The summed E-state index contributed by atoms with van der Waals surface area (Å²) in [4.78, 5) is 16.5. The molecule has 3 rings (SSSR count). The topological polar surface area (TPSA) is 30.0 Å². The maximum Gasteiger partial charge on any atom is 0.164 e. The Morgan fingerprint density at radius 2 is 1.91 bits per heavy atom. The van der Waals surface area contributed by atoms with Crippen molar-refractivity contribution in [2.24, 2.45) is 5.92 Å². The van der Waals surface area contributed by atoms with Crippen LogP contribution in [0.5, 0.6) is 0 Å². The molecule has 0 N–H and O–H groups in total. The van der Waals surface area contributed by atoms with Gasteiger partial charge in [0.05, 0.1) is 5.69 Å². The second-order valence-electron chi connectivity index (χ2n) is 5.39. The summed E-state index contributed by atoms with van der Waals surface area (Å²) >= 11 is 5.93. The van der Waals surface area contributed by atoms with Gasteiger partial charge in [0.1, 0.15) is 5.69 Å². The number of fused-ring (bicyclic) bond motifs is 1. The number of benzene rings is 1. The van der Waals surface area contributed by atoms with Crippen molar-refractivity contribution < 1.29 is 4.79 Å². The number of hydrogen-bond acceptors (Lipinski definition) is 2. The molecule has 0 fully saturated rings. The Kier molecular flexibility index (Phi) is 5.96. The van der Waals surface area contributed by atoms with Crippen molar-refractivity contribution >= 4 is 17.4 Å². The van der Waals surface area contributed by atoms with Crippen LogP contribution in [0, 0.1) is 17.8 Å². The number of pyridine rings is 1. The monoisotopic (exact) mass is 325 g/mol. The van der Waals surface area contributed by atoms with E-state index in [0.29, 0.717) is 23.1 Å². The molecule has 1 aromatic carbocycles. The molecule has 1 atom stereocenters. The molecule has 0 radical (unpaired) electrons. The van der Waals surface area contributed by atoms with E-state index in [1.807, 2.05) is 50.2 Å². The van der Waals surface area contributed by atoms with Crippen LogP contribution in [0.1, 0.15) is 54.5 Å². The van der Waals surface area contributed by atoms with Gasteiger partial charge in [-0.3, -0.25) is 4.79 Å². The van der Waals surface area contributed by atoms with E-state index in [0.717, 1.165) is 23.2 Å². The van der Waals surface area contributed by atoms with E-state index >= 15 is 0 Å². The molecule has 23 heavy (non-hydrogen) atoms. The number of carbonyl (C=O) groups is 1. The average Bonchev–Trinajstić information content (AvgIpc) is 2.54. The zero-order valence-electron chi connectivity index (χ0n) is 13.7. The van der Waals surface area contributed by atoms with Gasteiger partial charge in [-0.05, 0) is 48.6 Å². The van der Waals surface area contributed by atoms with Crippen molar-refractivity contribution in [3.05, 3.63) is 63.9 Å². The van der Waals surface area contributed by atoms with Gasteiger partial charge in [0.25, 0.3) is 0 Å². The largest absolute Gasteiger partial charge is 0.294 e. The van der Waals surface area contributed by atoms with Crippen LogP contribution in [0.3, 0.4) is 0 Å². The van der Waals surface area contributed by atoms with E-state index in [-0.39, 0.29) is 5.78 Å². The number of rotatable bonds is 0. The third-order valence-corrected chi connectivity index (χ3v) is 3.74. The molecule has 1 aromatic heterocycles. The maximum atomic E-state index is 11.9. The summed E-state index contributed by atoms with van der Waals surface area (Å²) in [7, 11) is 0. The molecular weight excluding hydrogens is 306 g/mol. The fourth-order valence-corrected chi connectivity index (χ4v) is 2.70. The van der Waals surface area contributed by atoms with Crippen LogP contribution in [-0.2, 0) is 6.42 Å². The number of nitrogens with zero attached hydrogens (tertiary/aromatic N) is 1. The lowest BCUT2D eigenvalue weighted by Gasteiger charge is -2.19. The molecule has 0 amide bonds. The standard InChI is InChI=1S/C18H14ClNO.C2H6/c1-12-9-17-16(18(21)10-12)8-7-15(20-17)6-5-13-3-2-4-14(19)11-13;1-2/h2-4,7-8,11-12H,9-10H2,1H3;1-2H3. The highest BCUT2D eigenvalue weighted by Gasteiger charge is 2.23. The summed E-state index contributed by atoms with van der Waals surface area (Å²) in [6.07, 6.45) is 1.45. The minimum absolute atomic E-state index is 0.186. The molecule has 0 bridgehead atoms. The Labute approximate surface area is 142 Å². The Bertz CT molecular complexity index is 771. The predicted molar refractivity (Wildman–Crippen MR) is 94.8 cm³/mol. The Balaban J connectivity index is 0.000000924. The van der Waals surface area contributed by atoms with Crippen molar-refractivity contribution in [1.82, 2.24) is 4.98 Å². The Morgan fingerprint density at radius 3 is 2.65 bits per heavy atom. The first-order valence-electron chi connectivity index (χ1n) is 7.92. The lowest BCUT2D eigenvalue weighted by atomic mass is 9.87. The molecule has 0 saturated heterocycles. The van der Waals surface area contributed by atoms with Crippen molar-refractivity contribution in [2.45, 2.75) is 33.6 Å². The van der Waals surface area contributed by atoms with Gasteiger partial charge in [0, 0.05) is 22.6 Å². The lowest BCUT2D eigenvalue weighted by molar-refractivity contribution is 0.0952. The van der Waals surface area contributed by atoms with E-state index in [9.17, 15) is 4.79 Å². The third kappa shape index (κ3) is 4.43. The Morgan fingerprint density at radius 1 is 1.13 bits per heavy atom. The maximum absolute atomic E-state index is 11.9. The molecule has 2 aromatic rings. The quantitative estimate of drug-likeness (QED) is 0.643. The highest BCUT2D eigenvalue weighted by Crippen LogP contribution is 2.23. The van der Waals surface area contributed by atoms with Crippen molar-refractivity contribution in [1.29, 1.82) is 0 Å². The zero-order valence-corrected chi connectivity index (χ0v) is 14.4. The zero-order chi connectivity index (χ0) is 16.8. The number of halogens is 1. The third-order valence-electron chi connectivity index (χ3n) is 3.51. The van der Waals surface area contributed by atoms with Gasteiger partial charge in [0.2, 0.25) is 0 Å². The van der Waals surface area contributed by atoms with Crippen LogP contribution in [0.25, 0.3) is 0 Å². The molecule has 3 heteroatoms. The minimum atomic E-state index is 0.186. The molecule has 1 aliphatic rings. The van der Waals surface area contributed by atoms with E-state index in [4.69, 9.17) is 11.6 Å². The average molecular weight is 326 g/mol. The first kappa shape index (κ1) is 17.2. The van der Waals surface area contributed by atoms with Gasteiger partial charge in [-0.2, -0.15) is 0 Å². The van der Waals surface area contributed by atoms with Crippen LogP contribution in [0.2, 0.25) is 5.02 Å². The van der Waals surface area contributed by atoms with E-state index < -0.39 is 0 Å². The number of Topliss-reactive ketones (excluding diaryl/α,β-unsaturated/α-hetero) is 1. The second-order valence-corrected chi connectivity index (χ2v) is 5.82. The predicted octanol–water partition coefficient (Wildman–Crippen LogP) is 4.93. The molecule has 1 heterocycles. The van der Waals surface area contributed by atoms with E-state index in [1.165, 1.54) is 0 Å². The molecule has 0 aliphatic heterocycles. The minimum Gasteiger partial charge on any atom is -0.294 e. The first-order chi connectivity index (χ1) is 11.1. The SMILES string of the molecule is CC.CC1CC(=O)c2ccc(C#Cc3cccc(Cl)c3)nc2C1. The van der Waals surface area contributed by atoms with Gasteiger partial charge in [-0.25, -0.2) is 4.98 Å². The van der Waals surface area contributed by atoms with Gasteiger partial charge in [0.15, 0.2) is 5.78 Å². The highest BCUT2D eigenvalue weighted by molar-refractivity contribution is 6.30. The Hall–Kier alpha value is -2.11. The van der Waals surface area contributed by atoms with Crippen LogP contribution in [0.4, 0.5) is 0 Å². The number of hydrogen-bond donors (Lipinski definition) is 0. The molecule has 118 valence electrons. The van der Waals surface area contributed by atoms with E-state index in [1.54, 1.807) is 0 Å². The molecule has 0 spiro atoms. The normalized spacial score (nSPS) is 15.7. The lowest BCUT2D eigenvalue weighted by Crippen LogP contribution is -2.19. The molecule has 2 nitrogen and oxygen atoms in total. The molecule has 0 saturated carbocycles. The summed E-state index contributed by atoms with van der Waals surface area (Å²) in [5.41, 5.74) is 3.17. The van der Waals surface area contributed by atoms with Crippen LogP contribution in [-0.4, -0.2) is 10.8 Å². The van der Waals surface area contributed by atoms with Gasteiger partial charge >= 0.3 is 0 Å². The van der Waals surface area contributed by atoms with E-state index in [2.05, 4.69) is 23.7 Å². The smallest absolute Gasteiger partial charge is 0.164 e.